The van der Waals surface area contributed by atoms with E-state index in [9.17, 15) is 0 Å². The number of rotatable bonds is 6. The molecule has 0 fully saturated rings. The van der Waals surface area contributed by atoms with Crippen LogP contribution in [0.3, 0.4) is 0 Å². The minimum Gasteiger partial charge on any atom is -0.366 e. The topological polar surface area (TPSA) is 28.2 Å². The van der Waals surface area contributed by atoms with Gasteiger partial charge in [0.25, 0.3) is 0 Å². The number of aromatic nitrogens is 1. The Labute approximate surface area is 113 Å². The summed E-state index contributed by atoms with van der Waals surface area (Å²) < 4.78 is 1.02. The van der Waals surface area contributed by atoms with Gasteiger partial charge in [0.1, 0.15) is 5.82 Å². The van der Waals surface area contributed by atoms with Gasteiger partial charge in [-0.3, -0.25) is 0 Å². The van der Waals surface area contributed by atoms with Crippen LogP contribution in [0.5, 0.6) is 0 Å². The van der Waals surface area contributed by atoms with E-state index in [4.69, 9.17) is 0 Å². The van der Waals surface area contributed by atoms with E-state index in [0.29, 0.717) is 6.04 Å². The second-order valence-corrected chi connectivity index (χ2v) is 5.27. The molecule has 17 heavy (non-hydrogen) atoms. The van der Waals surface area contributed by atoms with Crippen molar-refractivity contribution < 1.29 is 0 Å². The maximum absolute atomic E-state index is 4.40. The molecule has 4 heteroatoms. The van der Waals surface area contributed by atoms with E-state index in [1.165, 1.54) is 5.56 Å². The van der Waals surface area contributed by atoms with Crippen LogP contribution >= 0.6 is 15.9 Å². The fourth-order valence-electron chi connectivity index (χ4n) is 1.84. The second-order valence-electron chi connectivity index (χ2n) is 4.35. The SMILES string of the molecule is CCN(CC)CC(C)Nc1ncc(Br)cc1C. The molecule has 96 valence electrons. The van der Waals surface area contributed by atoms with Gasteiger partial charge in [-0.2, -0.15) is 0 Å². The smallest absolute Gasteiger partial charge is 0.129 e. The third-order valence-corrected chi connectivity index (χ3v) is 3.29. The Morgan fingerprint density at radius 2 is 2.06 bits per heavy atom. The van der Waals surface area contributed by atoms with Crippen LogP contribution in [-0.2, 0) is 0 Å². The lowest BCUT2D eigenvalue weighted by atomic mass is 10.2. The van der Waals surface area contributed by atoms with E-state index in [-0.39, 0.29) is 0 Å². The summed E-state index contributed by atoms with van der Waals surface area (Å²) in [5, 5.41) is 3.46. The normalized spacial score (nSPS) is 12.8. The van der Waals surface area contributed by atoms with Crippen molar-refractivity contribution in [2.24, 2.45) is 0 Å². The molecule has 0 bridgehead atoms. The van der Waals surface area contributed by atoms with Crippen LogP contribution in [0.15, 0.2) is 16.7 Å². The number of likely N-dealkylation sites (N-methyl/N-ethyl adjacent to an activating group) is 1. The molecule has 0 amide bonds. The molecule has 0 aliphatic heterocycles. The van der Waals surface area contributed by atoms with Gasteiger partial charge < -0.3 is 10.2 Å². The molecule has 0 saturated carbocycles. The number of hydrogen-bond donors (Lipinski definition) is 1. The Morgan fingerprint density at radius 3 is 2.59 bits per heavy atom. The van der Waals surface area contributed by atoms with Crippen molar-refractivity contribution >= 4 is 21.7 Å². The van der Waals surface area contributed by atoms with Crippen molar-refractivity contribution in [1.82, 2.24) is 9.88 Å². The molecule has 0 aromatic carbocycles. The van der Waals surface area contributed by atoms with Crippen LogP contribution in [0.25, 0.3) is 0 Å². The quantitative estimate of drug-likeness (QED) is 0.874. The van der Waals surface area contributed by atoms with Crippen molar-refractivity contribution in [3.63, 3.8) is 0 Å². The molecule has 1 aromatic rings. The maximum atomic E-state index is 4.40. The summed E-state index contributed by atoms with van der Waals surface area (Å²) in [6, 6.07) is 2.49. The second kappa shape index (κ2) is 6.97. The zero-order chi connectivity index (χ0) is 12.8. The third-order valence-electron chi connectivity index (χ3n) is 2.85. The minimum absolute atomic E-state index is 0.405. The summed E-state index contributed by atoms with van der Waals surface area (Å²) in [6.45, 7) is 11.9. The molecule has 0 radical (unpaired) electrons. The molecule has 1 heterocycles. The van der Waals surface area contributed by atoms with Crippen LogP contribution < -0.4 is 5.32 Å². The van der Waals surface area contributed by atoms with E-state index in [0.717, 1.165) is 29.9 Å². The van der Waals surface area contributed by atoms with Crippen molar-refractivity contribution in [1.29, 1.82) is 0 Å². The molecule has 3 nitrogen and oxygen atoms in total. The first kappa shape index (κ1) is 14.5. The highest BCUT2D eigenvalue weighted by molar-refractivity contribution is 9.10. The van der Waals surface area contributed by atoms with Gasteiger partial charge in [0.2, 0.25) is 0 Å². The molecule has 1 atom stereocenters. The van der Waals surface area contributed by atoms with Crippen molar-refractivity contribution in [2.45, 2.75) is 33.7 Å². The first-order valence-corrected chi connectivity index (χ1v) is 6.97. The van der Waals surface area contributed by atoms with Crippen molar-refractivity contribution in [3.8, 4) is 0 Å². The first-order valence-electron chi connectivity index (χ1n) is 6.17. The number of nitrogens with one attached hydrogen (secondary N) is 1. The predicted octanol–water partition coefficient (Wildman–Crippen LogP) is 3.29. The molecule has 1 unspecified atom stereocenters. The van der Waals surface area contributed by atoms with Gasteiger partial charge in [0, 0.05) is 23.3 Å². The highest BCUT2D eigenvalue weighted by Gasteiger charge is 2.09. The summed E-state index contributed by atoms with van der Waals surface area (Å²) in [4.78, 5) is 6.81. The average molecular weight is 300 g/mol. The van der Waals surface area contributed by atoms with Gasteiger partial charge in [-0.25, -0.2) is 4.98 Å². The Balaban J connectivity index is 2.58. The summed E-state index contributed by atoms with van der Waals surface area (Å²) >= 11 is 3.43. The number of pyridine rings is 1. The lowest BCUT2D eigenvalue weighted by Crippen LogP contribution is -2.35. The lowest BCUT2D eigenvalue weighted by molar-refractivity contribution is 0.294. The summed E-state index contributed by atoms with van der Waals surface area (Å²) in [5.41, 5.74) is 1.17. The summed E-state index contributed by atoms with van der Waals surface area (Å²) in [7, 11) is 0. The Kier molecular flexibility index (Phi) is 5.92. The Bertz CT molecular complexity index is 351. The van der Waals surface area contributed by atoms with Crippen LogP contribution in [0.1, 0.15) is 26.3 Å². The fourth-order valence-corrected chi connectivity index (χ4v) is 2.29. The van der Waals surface area contributed by atoms with Gasteiger partial charge in [0.15, 0.2) is 0 Å². The molecular formula is C13H22BrN3. The van der Waals surface area contributed by atoms with E-state index in [1.54, 1.807) is 0 Å². The van der Waals surface area contributed by atoms with Gasteiger partial charge in [0.05, 0.1) is 0 Å². The molecule has 0 aliphatic rings. The maximum Gasteiger partial charge on any atom is 0.129 e. The number of aryl methyl sites for hydroxylation is 1. The Morgan fingerprint density at radius 1 is 1.41 bits per heavy atom. The van der Waals surface area contributed by atoms with Crippen LogP contribution in [0.4, 0.5) is 5.82 Å². The molecular weight excluding hydrogens is 278 g/mol. The van der Waals surface area contributed by atoms with E-state index in [2.05, 4.69) is 64.9 Å². The average Bonchev–Trinajstić information content (AvgIpc) is 2.29. The highest BCUT2D eigenvalue weighted by Crippen LogP contribution is 2.17. The molecule has 0 aliphatic carbocycles. The number of anilines is 1. The largest absolute Gasteiger partial charge is 0.366 e. The molecule has 1 rings (SSSR count). The monoisotopic (exact) mass is 299 g/mol. The van der Waals surface area contributed by atoms with Crippen molar-refractivity contribution in [3.05, 3.63) is 22.3 Å². The molecule has 1 N–H and O–H groups in total. The number of halogens is 1. The van der Waals surface area contributed by atoms with Crippen LogP contribution in [-0.4, -0.2) is 35.6 Å². The Hall–Kier alpha value is -0.610. The van der Waals surface area contributed by atoms with Gasteiger partial charge >= 0.3 is 0 Å². The van der Waals surface area contributed by atoms with Crippen LogP contribution in [0.2, 0.25) is 0 Å². The number of hydrogen-bond acceptors (Lipinski definition) is 3. The van der Waals surface area contributed by atoms with Gasteiger partial charge in [-0.15, -0.1) is 0 Å². The van der Waals surface area contributed by atoms with E-state index in [1.807, 2.05) is 6.20 Å². The summed E-state index contributed by atoms with van der Waals surface area (Å²) in [6.07, 6.45) is 1.83. The number of nitrogens with zero attached hydrogens (tertiary/aromatic N) is 2. The van der Waals surface area contributed by atoms with E-state index >= 15 is 0 Å². The molecule has 1 aromatic heterocycles. The predicted molar refractivity (Wildman–Crippen MR) is 77.5 cm³/mol. The highest BCUT2D eigenvalue weighted by atomic mass is 79.9. The van der Waals surface area contributed by atoms with Gasteiger partial charge in [-0.1, -0.05) is 13.8 Å². The first-order chi connectivity index (χ1) is 8.06. The molecule has 0 spiro atoms. The van der Waals surface area contributed by atoms with Crippen LogP contribution in [0, 0.1) is 6.92 Å². The van der Waals surface area contributed by atoms with Gasteiger partial charge in [-0.05, 0) is 54.5 Å². The minimum atomic E-state index is 0.405. The van der Waals surface area contributed by atoms with Crippen molar-refractivity contribution in [2.75, 3.05) is 25.0 Å². The lowest BCUT2D eigenvalue weighted by Gasteiger charge is -2.24. The standard InChI is InChI=1S/C13H22BrN3/c1-5-17(6-2)9-11(4)16-13-10(3)7-12(14)8-15-13/h7-8,11H,5-6,9H2,1-4H3,(H,15,16). The molecule has 0 saturated heterocycles. The zero-order valence-corrected chi connectivity index (χ0v) is 12.7. The van der Waals surface area contributed by atoms with E-state index < -0.39 is 0 Å². The third kappa shape index (κ3) is 4.64. The zero-order valence-electron chi connectivity index (χ0n) is 11.1. The fraction of sp³-hybridized carbons (Fsp3) is 0.615. The summed E-state index contributed by atoms with van der Waals surface area (Å²) in [5.74, 6) is 0.979.